The Morgan fingerprint density at radius 3 is 2.63 bits per heavy atom. The van der Waals surface area contributed by atoms with Crippen molar-refractivity contribution in [3.8, 4) is 0 Å². The molecule has 0 bridgehead atoms. The van der Waals surface area contributed by atoms with E-state index in [-0.39, 0.29) is 10.6 Å². The summed E-state index contributed by atoms with van der Waals surface area (Å²) in [4.78, 5) is 12.9. The third-order valence-corrected chi connectivity index (χ3v) is 3.55. The zero-order valence-corrected chi connectivity index (χ0v) is 12.9. The molecule has 0 atom stereocenters. The Labute approximate surface area is 122 Å². The van der Waals surface area contributed by atoms with Crippen LogP contribution in [-0.4, -0.2) is 36.0 Å². The lowest BCUT2D eigenvalue weighted by Crippen LogP contribution is -2.31. The average molecular weight is 330 g/mol. The summed E-state index contributed by atoms with van der Waals surface area (Å²) < 4.78 is 0.860. The SMILES string of the molecule is CCN(CC)CCNCc1cc(Br)ccc1[N+](=O)[O-]. The van der Waals surface area contributed by atoms with Crippen LogP contribution in [0.15, 0.2) is 22.7 Å². The van der Waals surface area contributed by atoms with E-state index < -0.39 is 0 Å². The van der Waals surface area contributed by atoms with Gasteiger partial charge in [0.2, 0.25) is 0 Å². The standard InChI is InChI=1S/C13H20BrN3O2/c1-3-16(4-2)8-7-15-10-11-9-12(14)5-6-13(11)17(18)19/h5-6,9,15H,3-4,7-8,10H2,1-2H3. The monoisotopic (exact) mass is 329 g/mol. The topological polar surface area (TPSA) is 58.4 Å². The summed E-state index contributed by atoms with van der Waals surface area (Å²) in [5.41, 5.74) is 0.873. The normalized spacial score (nSPS) is 10.9. The Bertz CT molecular complexity index is 422. The molecular weight excluding hydrogens is 310 g/mol. The largest absolute Gasteiger partial charge is 0.311 e. The molecule has 0 saturated carbocycles. The molecule has 0 heterocycles. The average Bonchev–Trinajstić information content (AvgIpc) is 2.38. The van der Waals surface area contributed by atoms with Crippen molar-refractivity contribution in [3.63, 3.8) is 0 Å². The third-order valence-electron chi connectivity index (χ3n) is 3.05. The molecule has 106 valence electrons. The van der Waals surface area contributed by atoms with E-state index in [1.807, 2.05) is 0 Å². The molecule has 0 aromatic heterocycles. The van der Waals surface area contributed by atoms with Gasteiger partial charge in [0.05, 0.1) is 4.92 Å². The number of nitrogens with zero attached hydrogens (tertiary/aromatic N) is 2. The molecule has 1 N–H and O–H groups in total. The number of nitrogens with one attached hydrogen (secondary N) is 1. The van der Waals surface area contributed by atoms with Crippen molar-refractivity contribution in [2.45, 2.75) is 20.4 Å². The van der Waals surface area contributed by atoms with Crippen LogP contribution in [0.25, 0.3) is 0 Å². The van der Waals surface area contributed by atoms with Crippen LogP contribution in [0, 0.1) is 10.1 Å². The summed E-state index contributed by atoms with van der Waals surface area (Å²) in [6.45, 7) is 8.59. The first-order chi connectivity index (χ1) is 9.08. The van der Waals surface area contributed by atoms with Crippen LogP contribution >= 0.6 is 15.9 Å². The molecule has 1 aromatic carbocycles. The molecule has 0 amide bonds. The summed E-state index contributed by atoms with van der Waals surface area (Å²) in [5, 5.41) is 14.2. The van der Waals surface area contributed by atoms with Crippen molar-refractivity contribution in [1.82, 2.24) is 10.2 Å². The van der Waals surface area contributed by atoms with Crippen LogP contribution in [0.3, 0.4) is 0 Å². The molecular formula is C13H20BrN3O2. The summed E-state index contributed by atoms with van der Waals surface area (Å²) in [5.74, 6) is 0. The van der Waals surface area contributed by atoms with Gasteiger partial charge in [-0.15, -0.1) is 0 Å². The maximum Gasteiger partial charge on any atom is 0.273 e. The number of halogens is 1. The number of hydrogen-bond donors (Lipinski definition) is 1. The molecule has 19 heavy (non-hydrogen) atoms. The van der Waals surface area contributed by atoms with Gasteiger partial charge in [0, 0.05) is 35.7 Å². The van der Waals surface area contributed by atoms with Gasteiger partial charge in [0.25, 0.3) is 5.69 Å². The molecule has 0 spiro atoms. The van der Waals surface area contributed by atoms with Gasteiger partial charge in [-0.25, -0.2) is 0 Å². The highest BCUT2D eigenvalue weighted by atomic mass is 79.9. The smallest absolute Gasteiger partial charge is 0.273 e. The molecule has 0 aliphatic carbocycles. The van der Waals surface area contributed by atoms with Crippen LogP contribution < -0.4 is 5.32 Å². The Balaban J connectivity index is 2.53. The van der Waals surface area contributed by atoms with Crippen LogP contribution in [0.1, 0.15) is 19.4 Å². The van der Waals surface area contributed by atoms with Crippen molar-refractivity contribution in [2.75, 3.05) is 26.2 Å². The molecule has 0 fully saturated rings. The van der Waals surface area contributed by atoms with Crippen LogP contribution in [-0.2, 0) is 6.54 Å². The fraction of sp³-hybridized carbons (Fsp3) is 0.538. The first-order valence-corrected chi connectivity index (χ1v) is 7.23. The predicted molar refractivity (Wildman–Crippen MR) is 80.3 cm³/mol. The van der Waals surface area contributed by atoms with Crippen molar-refractivity contribution >= 4 is 21.6 Å². The Morgan fingerprint density at radius 1 is 1.37 bits per heavy atom. The lowest BCUT2D eigenvalue weighted by atomic mass is 10.2. The number of benzene rings is 1. The van der Waals surface area contributed by atoms with E-state index in [1.165, 1.54) is 6.07 Å². The zero-order valence-electron chi connectivity index (χ0n) is 11.4. The molecule has 0 unspecified atom stereocenters. The third kappa shape index (κ3) is 5.26. The summed E-state index contributed by atoms with van der Waals surface area (Å²) in [6.07, 6.45) is 0. The molecule has 1 rings (SSSR count). The first kappa shape index (κ1) is 16.1. The first-order valence-electron chi connectivity index (χ1n) is 6.44. The van der Waals surface area contributed by atoms with Crippen LogP contribution in [0.5, 0.6) is 0 Å². The fourth-order valence-electron chi connectivity index (χ4n) is 1.87. The molecule has 0 radical (unpaired) electrons. The van der Waals surface area contributed by atoms with Crippen LogP contribution in [0.2, 0.25) is 0 Å². The highest BCUT2D eigenvalue weighted by Crippen LogP contribution is 2.22. The van der Waals surface area contributed by atoms with E-state index in [4.69, 9.17) is 0 Å². The van der Waals surface area contributed by atoms with Gasteiger partial charge in [-0.3, -0.25) is 10.1 Å². The Morgan fingerprint density at radius 2 is 2.05 bits per heavy atom. The highest BCUT2D eigenvalue weighted by Gasteiger charge is 2.13. The van der Waals surface area contributed by atoms with Crippen molar-refractivity contribution < 1.29 is 4.92 Å². The van der Waals surface area contributed by atoms with Gasteiger partial charge < -0.3 is 10.2 Å². The van der Waals surface area contributed by atoms with Crippen LogP contribution in [0.4, 0.5) is 5.69 Å². The number of likely N-dealkylation sites (N-methyl/N-ethyl adjacent to an activating group) is 1. The minimum Gasteiger partial charge on any atom is -0.311 e. The zero-order chi connectivity index (χ0) is 14.3. The van der Waals surface area contributed by atoms with Gasteiger partial charge in [0.15, 0.2) is 0 Å². The lowest BCUT2D eigenvalue weighted by Gasteiger charge is -2.18. The van der Waals surface area contributed by atoms with E-state index >= 15 is 0 Å². The van der Waals surface area contributed by atoms with E-state index in [1.54, 1.807) is 12.1 Å². The second kappa shape index (κ2) is 8.24. The predicted octanol–water partition coefficient (Wildman–Crippen LogP) is 2.79. The minimum absolute atomic E-state index is 0.165. The van der Waals surface area contributed by atoms with E-state index in [0.29, 0.717) is 12.1 Å². The van der Waals surface area contributed by atoms with Crippen molar-refractivity contribution in [3.05, 3.63) is 38.3 Å². The van der Waals surface area contributed by atoms with Crippen molar-refractivity contribution in [2.24, 2.45) is 0 Å². The maximum atomic E-state index is 10.9. The molecule has 0 aliphatic rings. The van der Waals surface area contributed by atoms with Gasteiger partial charge in [-0.2, -0.15) is 0 Å². The quantitative estimate of drug-likeness (QED) is 0.452. The van der Waals surface area contributed by atoms with Gasteiger partial charge in [0.1, 0.15) is 0 Å². The molecule has 6 heteroatoms. The summed E-state index contributed by atoms with van der Waals surface area (Å²) in [6, 6.07) is 5.02. The molecule has 1 aromatic rings. The minimum atomic E-state index is -0.339. The van der Waals surface area contributed by atoms with Gasteiger partial charge in [-0.1, -0.05) is 29.8 Å². The fourth-order valence-corrected chi connectivity index (χ4v) is 2.28. The summed E-state index contributed by atoms with van der Waals surface area (Å²) in [7, 11) is 0. The second-order valence-corrected chi connectivity index (χ2v) is 5.15. The molecule has 5 nitrogen and oxygen atoms in total. The number of hydrogen-bond acceptors (Lipinski definition) is 4. The van der Waals surface area contributed by atoms with Crippen molar-refractivity contribution in [1.29, 1.82) is 0 Å². The Hall–Kier alpha value is -0.980. The maximum absolute atomic E-state index is 10.9. The lowest BCUT2D eigenvalue weighted by molar-refractivity contribution is -0.385. The van der Waals surface area contributed by atoms with E-state index in [2.05, 4.69) is 40.0 Å². The van der Waals surface area contributed by atoms with E-state index in [0.717, 1.165) is 30.7 Å². The number of rotatable bonds is 8. The van der Waals surface area contributed by atoms with Gasteiger partial charge >= 0.3 is 0 Å². The second-order valence-electron chi connectivity index (χ2n) is 4.23. The number of nitro benzene ring substituents is 1. The summed E-state index contributed by atoms with van der Waals surface area (Å²) >= 11 is 3.34. The molecule has 0 saturated heterocycles. The van der Waals surface area contributed by atoms with E-state index in [9.17, 15) is 10.1 Å². The highest BCUT2D eigenvalue weighted by molar-refractivity contribution is 9.10. The van der Waals surface area contributed by atoms with Gasteiger partial charge in [-0.05, 0) is 25.2 Å². The Kier molecular flexibility index (Phi) is 6.97. The number of nitro groups is 1. The molecule has 0 aliphatic heterocycles.